The van der Waals surface area contributed by atoms with Crippen molar-refractivity contribution in [1.29, 1.82) is 10.7 Å². The summed E-state index contributed by atoms with van der Waals surface area (Å²) in [6, 6.07) is 13.0. The molecule has 0 bridgehead atoms. The number of amidine groups is 2. The van der Waals surface area contributed by atoms with Gasteiger partial charge >= 0.3 is 0 Å². The number of hydrogen-bond donors (Lipinski definition) is 1. The molecule has 10 heteroatoms. The maximum absolute atomic E-state index is 12.6. The standard InChI is InChI=1S/C23H18IN5O3S/c1-3-19-28-29-21(26)16(22(30)27-23(29)33-19)8-13-9-17(24)20(18(10-13)31-2)32-12-15-7-5-4-6-14(15)11-25/h4-10,26H,3,12H2,1-2H3. The summed E-state index contributed by atoms with van der Waals surface area (Å²) in [5.41, 5.74) is 2.14. The summed E-state index contributed by atoms with van der Waals surface area (Å²) in [6.45, 7) is 2.17. The molecule has 0 atom stereocenters. The Morgan fingerprint density at radius 3 is 2.85 bits per heavy atom. The number of fused-ring (bicyclic) bond motifs is 1. The summed E-state index contributed by atoms with van der Waals surface area (Å²) in [7, 11) is 1.53. The molecule has 1 amide bonds. The van der Waals surface area contributed by atoms with Gasteiger partial charge in [0.25, 0.3) is 5.91 Å². The smallest absolute Gasteiger partial charge is 0.283 e. The highest BCUT2D eigenvalue weighted by Gasteiger charge is 2.35. The Balaban J connectivity index is 1.62. The molecule has 0 saturated heterocycles. The third-order valence-electron chi connectivity index (χ3n) is 4.87. The second kappa shape index (κ2) is 9.76. The van der Waals surface area contributed by atoms with Gasteiger partial charge in [-0.05, 0) is 70.6 Å². The minimum Gasteiger partial charge on any atom is -0.493 e. The van der Waals surface area contributed by atoms with Crippen LogP contribution >= 0.6 is 34.4 Å². The first-order chi connectivity index (χ1) is 15.9. The Morgan fingerprint density at radius 2 is 2.12 bits per heavy atom. The first kappa shape index (κ1) is 23.0. The predicted octanol–water partition coefficient (Wildman–Crippen LogP) is 4.78. The van der Waals surface area contributed by atoms with Gasteiger partial charge in [0.1, 0.15) is 11.7 Å². The fourth-order valence-corrected chi connectivity index (χ4v) is 4.82. The molecule has 2 heterocycles. The molecule has 0 fully saturated rings. The van der Waals surface area contributed by atoms with E-state index in [4.69, 9.17) is 14.9 Å². The summed E-state index contributed by atoms with van der Waals surface area (Å²) < 4.78 is 12.3. The van der Waals surface area contributed by atoms with Gasteiger partial charge in [-0.1, -0.05) is 25.1 Å². The summed E-state index contributed by atoms with van der Waals surface area (Å²) >= 11 is 3.44. The van der Waals surface area contributed by atoms with Crippen molar-refractivity contribution in [2.45, 2.75) is 20.0 Å². The van der Waals surface area contributed by atoms with Crippen LogP contribution in [0.1, 0.15) is 30.0 Å². The molecule has 2 aliphatic rings. The van der Waals surface area contributed by atoms with Gasteiger partial charge in [0, 0.05) is 5.56 Å². The molecule has 8 nitrogen and oxygen atoms in total. The molecule has 2 aromatic rings. The van der Waals surface area contributed by atoms with Crippen molar-refractivity contribution in [2.24, 2.45) is 10.1 Å². The monoisotopic (exact) mass is 571 g/mol. The minimum absolute atomic E-state index is 0.0108. The largest absolute Gasteiger partial charge is 0.493 e. The van der Waals surface area contributed by atoms with Gasteiger partial charge in [0.2, 0.25) is 5.17 Å². The van der Waals surface area contributed by atoms with Crippen LogP contribution in [0.3, 0.4) is 0 Å². The number of ether oxygens (including phenoxy) is 2. The number of nitrogens with one attached hydrogen (secondary N) is 1. The Labute approximate surface area is 208 Å². The maximum atomic E-state index is 12.6. The Morgan fingerprint density at radius 1 is 1.33 bits per heavy atom. The van der Waals surface area contributed by atoms with E-state index >= 15 is 0 Å². The minimum atomic E-state index is -0.478. The van der Waals surface area contributed by atoms with Crippen LogP contribution in [0.4, 0.5) is 0 Å². The van der Waals surface area contributed by atoms with Crippen molar-refractivity contribution in [2.75, 3.05) is 7.11 Å². The van der Waals surface area contributed by atoms with Gasteiger partial charge in [0.15, 0.2) is 17.3 Å². The second-order valence-corrected chi connectivity index (χ2v) is 9.16. The van der Waals surface area contributed by atoms with Crippen LogP contribution in [0.2, 0.25) is 0 Å². The fourth-order valence-electron chi connectivity index (χ4n) is 3.21. The molecule has 0 aliphatic carbocycles. The van der Waals surface area contributed by atoms with Gasteiger partial charge in [0.05, 0.1) is 27.9 Å². The molecule has 0 spiro atoms. The highest BCUT2D eigenvalue weighted by atomic mass is 127. The number of benzene rings is 2. The average Bonchev–Trinajstić information content (AvgIpc) is 3.24. The molecule has 33 heavy (non-hydrogen) atoms. The third kappa shape index (κ3) is 4.65. The Bertz CT molecular complexity index is 1300. The zero-order valence-electron chi connectivity index (χ0n) is 17.8. The normalized spacial score (nSPS) is 16.3. The zero-order valence-corrected chi connectivity index (χ0v) is 20.7. The van der Waals surface area contributed by atoms with E-state index in [0.29, 0.717) is 34.2 Å². The van der Waals surface area contributed by atoms with Crippen LogP contribution in [-0.4, -0.2) is 34.1 Å². The van der Waals surface area contributed by atoms with Crippen molar-refractivity contribution < 1.29 is 14.3 Å². The second-order valence-electron chi connectivity index (χ2n) is 6.96. The molecule has 2 aliphatic heterocycles. The van der Waals surface area contributed by atoms with Gasteiger partial charge in [-0.3, -0.25) is 10.2 Å². The van der Waals surface area contributed by atoms with E-state index < -0.39 is 5.91 Å². The van der Waals surface area contributed by atoms with E-state index in [0.717, 1.165) is 14.2 Å². The van der Waals surface area contributed by atoms with Crippen LogP contribution in [0, 0.1) is 20.3 Å². The maximum Gasteiger partial charge on any atom is 0.283 e. The van der Waals surface area contributed by atoms with Crippen LogP contribution in [-0.2, 0) is 11.4 Å². The van der Waals surface area contributed by atoms with E-state index in [1.807, 2.05) is 25.1 Å². The highest BCUT2D eigenvalue weighted by Crippen LogP contribution is 2.36. The molecule has 0 radical (unpaired) electrons. The van der Waals surface area contributed by atoms with Crippen molar-refractivity contribution >= 4 is 62.4 Å². The number of carbonyl (C=O) groups excluding carboxylic acids is 1. The number of nitrogens with zero attached hydrogens (tertiary/aromatic N) is 4. The number of methoxy groups -OCH3 is 1. The van der Waals surface area contributed by atoms with E-state index in [1.54, 1.807) is 24.3 Å². The summed E-state index contributed by atoms with van der Waals surface area (Å²) in [4.78, 5) is 16.7. The number of rotatable bonds is 6. The lowest BCUT2D eigenvalue weighted by Crippen LogP contribution is -2.35. The van der Waals surface area contributed by atoms with Gasteiger partial charge < -0.3 is 9.47 Å². The van der Waals surface area contributed by atoms with Gasteiger partial charge in [-0.15, -0.1) is 0 Å². The zero-order chi connectivity index (χ0) is 23.5. The number of nitriles is 1. The topological polar surface area (TPSA) is 111 Å². The lowest BCUT2D eigenvalue weighted by atomic mass is 10.1. The molecule has 1 N–H and O–H groups in total. The molecular formula is C23H18IN5O3S. The lowest BCUT2D eigenvalue weighted by molar-refractivity contribution is -0.114. The Hall–Kier alpha value is -3.17. The van der Waals surface area contributed by atoms with Crippen molar-refractivity contribution in [3.05, 3.63) is 62.2 Å². The molecule has 4 rings (SSSR count). The SMILES string of the molecule is CCC1=NN2C(=N)C(=Cc3cc(I)c(OCc4ccccc4C#N)c(OC)c3)C(=O)N=C2S1. The molecule has 0 unspecified atom stereocenters. The van der Waals surface area contributed by atoms with Crippen molar-refractivity contribution in [1.82, 2.24) is 5.01 Å². The van der Waals surface area contributed by atoms with Crippen LogP contribution in [0.15, 0.2) is 52.1 Å². The van der Waals surface area contributed by atoms with E-state index in [2.05, 4.69) is 38.8 Å². The molecule has 2 aromatic carbocycles. The summed E-state index contributed by atoms with van der Waals surface area (Å²) in [6.07, 6.45) is 2.31. The summed E-state index contributed by atoms with van der Waals surface area (Å²) in [5, 5.41) is 24.7. The highest BCUT2D eigenvalue weighted by molar-refractivity contribution is 14.1. The molecule has 0 saturated carbocycles. The first-order valence-electron chi connectivity index (χ1n) is 9.92. The van der Waals surface area contributed by atoms with Gasteiger partial charge in [-0.25, -0.2) is 0 Å². The number of thioether (sulfide) groups is 1. The Kier molecular flexibility index (Phi) is 6.80. The number of carbonyl (C=O) groups is 1. The van der Waals surface area contributed by atoms with E-state index in [9.17, 15) is 10.1 Å². The number of aliphatic imine (C=N–C) groups is 1. The first-order valence-corrected chi connectivity index (χ1v) is 11.8. The van der Waals surface area contributed by atoms with Crippen molar-refractivity contribution in [3.63, 3.8) is 0 Å². The molecule has 166 valence electrons. The summed E-state index contributed by atoms with van der Waals surface area (Å²) in [5.74, 6) is 0.522. The van der Waals surface area contributed by atoms with E-state index in [1.165, 1.54) is 23.9 Å². The lowest BCUT2D eigenvalue weighted by Gasteiger charge is -2.20. The predicted molar refractivity (Wildman–Crippen MR) is 137 cm³/mol. The average molecular weight is 571 g/mol. The van der Waals surface area contributed by atoms with Crippen molar-refractivity contribution in [3.8, 4) is 17.6 Å². The number of hydrogen-bond acceptors (Lipinski definition) is 7. The molecular weight excluding hydrogens is 553 g/mol. The fraction of sp³-hybridized carbons (Fsp3) is 0.174. The van der Waals surface area contributed by atoms with Crippen LogP contribution in [0.25, 0.3) is 6.08 Å². The van der Waals surface area contributed by atoms with Crippen LogP contribution in [0.5, 0.6) is 11.5 Å². The third-order valence-corrected chi connectivity index (χ3v) is 6.73. The number of amides is 1. The quantitative estimate of drug-likeness (QED) is 0.395. The number of hydrazone groups is 1. The van der Waals surface area contributed by atoms with Crippen LogP contribution < -0.4 is 9.47 Å². The van der Waals surface area contributed by atoms with Gasteiger partial charge in [-0.2, -0.15) is 20.4 Å². The van der Waals surface area contributed by atoms with E-state index in [-0.39, 0.29) is 18.0 Å². The molecule has 0 aromatic heterocycles. The number of halogens is 1.